The molecule has 0 bridgehead atoms. The molecule has 0 aromatic carbocycles. The number of ether oxygens (including phenoxy) is 3. The monoisotopic (exact) mass is 288 g/mol. The fourth-order valence-corrected chi connectivity index (χ4v) is 2.67. The van der Waals surface area contributed by atoms with Gasteiger partial charge in [0.2, 0.25) is 0 Å². The number of hydrogen-bond donors (Lipinski definition) is 1. The summed E-state index contributed by atoms with van der Waals surface area (Å²) in [5.41, 5.74) is 3.62. The summed E-state index contributed by atoms with van der Waals surface area (Å²) in [5, 5.41) is 2.30. The van der Waals surface area contributed by atoms with Crippen molar-refractivity contribution in [1.82, 2.24) is 10.4 Å². The molecule has 0 saturated carbocycles. The van der Waals surface area contributed by atoms with Crippen LogP contribution in [0.1, 0.15) is 40.5 Å². The van der Waals surface area contributed by atoms with E-state index in [0.717, 1.165) is 13.2 Å². The number of nitrogens with one attached hydrogen (secondary N) is 1. The van der Waals surface area contributed by atoms with Crippen molar-refractivity contribution in [2.75, 3.05) is 33.5 Å². The van der Waals surface area contributed by atoms with E-state index in [-0.39, 0.29) is 12.3 Å². The SMILES string of the molecule is CCOC(OCC)[C@@H](NN1CCC[C@H]1COC)C(C)C. The first kappa shape index (κ1) is 17.9. The van der Waals surface area contributed by atoms with E-state index >= 15 is 0 Å². The molecule has 5 heteroatoms. The number of hydrogen-bond acceptors (Lipinski definition) is 5. The number of methoxy groups -OCH3 is 1. The highest BCUT2D eigenvalue weighted by atomic mass is 16.7. The molecule has 1 aliphatic rings. The van der Waals surface area contributed by atoms with Gasteiger partial charge in [-0.3, -0.25) is 0 Å². The fourth-order valence-electron chi connectivity index (χ4n) is 2.67. The van der Waals surface area contributed by atoms with Gasteiger partial charge in [-0.1, -0.05) is 13.8 Å². The lowest BCUT2D eigenvalue weighted by Crippen LogP contribution is -2.56. The molecule has 0 aliphatic carbocycles. The van der Waals surface area contributed by atoms with Gasteiger partial charge < -0.3 is 14.2 Å². The minimum absolute atomic E-state index is 0.160. The van der Waals surface area contributed by atoms with Crippen molar-refractivity contribution in [2.24, 2.45) is 5.92 Å². The Labute approximate surface area is 123 Å². The van der Waals surface area contributed by atoms with Crippen molar-refractivity contribution in [3.05, 3.63) is 0 Å². The van der Waals surface area contributed by atoms with Crippen LogP contribution in [0.5, 0.6) is 0 Å². The molecule has 20 heavy (non-hydrogen) atoms. The zero-order chi connectivity index (χ0) is 15.0. The molecular weight excluding hydrogens is 256 g/mol. The van der Waals surface area contributed by atoms with Crippen molar-refractivity contribution < 1.29 is 14.2 Å². The topological polar surface area (TPSA) is 43.0 Å². The van der Waals surface area contributed by atoms with Crippen LogP contribution in [0.2, 0.25) is 0 Å². The highest BCUT2D eigenvalue weighted by molar-refractivity contribution is 4.81. The predicted octanol–water partition coefficient (Wildman–Crippen LogP) is 2.03. The van der Waals surface area contributed by atoms with E-state index in [4.69, 9.17) is 14.2 Å². The highest BCUT2D eigenvalue weighted by Crippen LogP contribution is 2.19. The predicted molar refractivity (Wildman–Crippen MR) is 80.4 cm³/mol. The highest BCUT2D eigenvalue weighted by Gasteiger charge is 2.32. The van der Waals surface area contributed by atoms with Crippen LogP contribution in [0.15, 0.2) is 0 Å². The molecule has 1 heterocycles. The molecule has 2 atom stereocenters. The van der Waals surface area contributed by atoms with Gasteiger partial charge in [-0.15, -0.1) is 0 Å². The second-order valence-corrected chi connectivity index (χ2v) is 5.62. The van der Waals surface area contributed by atoms with Crippen LogP contribution in [0.3, 0.4) is 0 Å². The largest absolute Gasteiger partial charge is 0.383 e. The minimum Gasteiger partial charge on any atom is -0.383 e. The molecule has 1 fully saturated rings. The number of nitrogens with zero attached hydrogens (tertiary/aromatic N) is 1. The summed E-state index contributed by atoms with van der Waals surface area (Å²) in [7, 11) is 1.76. The van der Waals surface area contributed by atoms with Gasteiger partial charge in [0.05, 0.1) is 12.6 Å². The third-order valence-electron chi connectivity index (χ3n) is 3.72. The van der Waals surface area contributed by atoms with Crippen molar-refractivity contribution in [3.8, 4) is 0 Å². The zero-order valence-corrected chi connectivity index (χ0v) is 13.7. The third-order valence-corrected chi connectivity index (χ3v) is 3.72. The second kappa shape index (κ2) is 9.68. The maximum Gasteiger partial charge on any atom is 0.174 e. The van der Waals surface area contributed by atoms with Crippen molar-refractivity contribution in [2.45, 2.75) is 58.9 Å². The zero-order valence-electron chi connectivity index (χ0n) is 13.7. The average molecular weight is 288 g/mol. The second-order valence-electron chi connectivity index (χ2n) is 5.62. The molecule has 0 radical (unpaired) electrons. The minimum atomic E-state index is -0.200. The summed E-state index contributed by atoms with van der Waals surface area (Å²) >= 11 is 0. The number of rotatable bonds is 10. The molecule has 0 unspecified atom stereocenters. The average Bonchev–Trinajstić information content (AvgIpc) is 2.83. The quantitative estimate of drug-likeness (QED) is 0.623. The van der Waals surface area contributed by atoms with Crippen LogP contribution in [-0.2, 0) is 14.2 Å². The van der Waals surface area contributed by atoms with Gasteiger partial charge in [-0.25, -0.2) is 10.4 Å². The summed E-state index contributed by atoms with van der Waals surface area (Å²) < 4.78 is 16.8. The third kappa shape index (κ3) is 5.30. The van der Waals surface area contributed by atoms with E-state index < -0.39 is 0 Å². The molecule has 1 rings (SSSR count). The van der Waals surface area contributed by atoms with Crippen molar-refractivity contribution in [1.29, 1.82) is 0 Å². The summed E-state index contributed by atoms with van der Waals surface area (Å²) in [5.74, 6) is 0.432. The summed E-state index contributed by atoms with van der Waals surface area (Å²) in [6.45, 7) is 11.6. The van der Waals surface area contributed by atoms with Gasteiger partial charge >= 0.3 is 0 Å². The molecule has 0 aromatic heterocycles. The Morgan fingerprint density at radius 3 is 2.35 bits per heavy atom. The summed E-state index contributed by atoms with van der Waals surface area (Å²) in [6.07, 6.45) is 2.19. The molecule has 120 valence electrons. The molecule has 1 saturated heterocycles. The summed E-state index contributed by atoms with van der Waals surface area (Å²) in [6, 6.07) is 0.609. The van der Waals surface area contributed by atoms with Crippen molar-refractivity contribution >= 4 is 0 Å². The van der Waals surface area contributed by atoms with E-state index in [1.165, 1.54) is 12.8 Å². The van der Waals surface area contributed by atoms with E-state index in [1.807, 2.05) is 13.8 Å². The number of hydrazine groups is 1. The standard InChI is InChI=1S/C15H32N2O3/c1-6-19-15(20-7-2)14(12(3)4)16-17-10-8-9-13(17)11-18-5/h12-16H,6-11H2,1-5H3/t13-,14-/m0/s1. The smallest absolute Gasteiger partial charge is 0.174 e. The maximum absolute atomic E-state index is 5.77. The van der Waals surface area contributed by atoms with E-state index in [2.05, 4.69) is 24.3 Å². The molecule has 1 aliphatic heterocycles. The lowest BCUT2D eigenvalue weighted by atomic mass is 10.0. The van der Waals surface area contributed by atoms with E-state index in [1.54, 1.807) is 7.11 Å². The Balaban J connectivity index is 2.64. The molecule has 5 nitrogen and oxygen atoms in total. The Morgan fingerprint density at radius 1 is 1.20 bits per heavy atom. The van der Waals surface area contributed by atoms with Crippen molar-refractivity contribution in [3.63, 3.8) is 0 Å². The van der Waals surface area contributed by atoms with Crippen LogP contribution in [0.25, 0.3) is 0 Å². The first-order valence-electron chi connectivity index (χ1n) is 7.88. The first-order chi connectivity index (χ1) is 9.63. The molecular formula is C15H32N2O3. The van der Waals surface area contributed by atoms with Gasteiger partial charge in [0.1, 0.15) is 0 Å². The molecule has 1 N–H and O–H groups in total. The van der Waals surface area contributed by atoms with E-state index in [0.29, 0.717) is 25.2 Å². The fraction of sp³-hybridized carbons (Fsp3) is 1.00. The van der Waals surface area contributed by atoms with Crippen LogP contribution in [-0.4, -0.2) is 56.9 Å². The lowest BCUT2D eigenvalue weighted by Gasteiger charge is -2.36. The van der Waals surface area contributed by atoms with Crippen LogP contribution in [0, 0.1) is 5.92 Å². The van der Waals surface area contributed by atoms with Gasteiger partial charge in [-0.05, 0) is 32.6 Å². The Hall–Kier alpha value is -0.200. The van der Waals surface area contributed by atoms with Gasteiger partial charge in [0, 0.05) is 32.9 Å². The lowest BCUT2D eigenvalue weighted by molar-refractivity contribution is -0.171. The van der Waals surface area contributed by atoms with Gasteiger partial charge in [0.25, 0.3) is 0 Å². The molecule has 0 amide bonds. The van der Waals surface area contributed by atoms with Crippen LogP contribution in [0.4, 0.5) is 0 Å². The van der Waals surface area contributed by atoms with Gasteiger partial charge in [-0.2, -0.15) is 0 Å². The Morgan fingerprint density at radius 2 is 1.85 bits per heavy atom. The summed E-state index contributed by atoms with van der Waals surface area (Å²) in [4.78, 5) is 0. The van der Waals surface area contributed by atoms with E-state index in [9.17, 15) is 0 Å². The Bertz CT molecular complexity index is 245. The Kier molecular flexibility index (Phi) is 8.64. The molecule has 0 spiro atoms. The maximum atomic E-state index is 5.77. The van der Waals surface area contributed by atoms with Crippen LogP contribution < -0.4 is 5.43 Å². The van der Waals surface area contributed by atoms with Gasteiger partial charge in [0.15, 0.2) is 6.29 Å². The first-order valence-corrected chi connectivity index (χ1v) is 7.88. The normalized spacial score (nSPS) is 22.1. The van der Waals surface area contributed by atoms with Crippen LogP contribution >= 0.6 is 0 Å². The molecule has 0 aromatic rings.